The Hall–Kier alpha value is -0.620. The molecule has 0 aliphatic rings. The van der Waals surface area contributed by atoms with Gasteiger partial charge in [0.15, 0.2) is 6.29 Å². The standard InChI is InChI=1S/C6H12O9S/c7-1-3(8)5(10)6(11)4(9)2-15-16(12,13)14/h1,3-6,8-11H,2H2,(H,12,13,14)/t3-,4+,5+,6-/m1/s1. The zero-order valence-corrected chi connectivity index (χ0v) is 8.69. The Morgan fingerprint density at radius 3 is 2.00 bits per heavy atom. The van der Waals surface area contributed by atoms with E-state index < -0.39 is 41.4 Å². The van der Waals surface area contributed by atoms with Crippen LogP contribution in [0.1, 0.15) is 0 Å². The van der Waals surface area contributed by atoms with Crippen LogP contribution in [-0.2, 0) is 19.4 Å². The second-order valence-corrected chi connectivity index (χ2v) is 3.98. The third-order valence-corrected chi connectivity index (χ3v) is 2.06. The van der Waals surface area contributed by atoms with Crippen molar-refractivity contribution in [1.29, 1.82) is 0 Å². The van der Waals surface area contributed by atoms with Gasteiger partial charge in [0, 0.05) is 0 Å². The molecule has 0 rings (SSSR count). The third-order valence-electron chi connectivity index (χ3n) is 1.62. The molecule has 0 aliphatic carbocycles. The highest BCUT2D eigenvalue weighted by Crippen LogP contribution is 2.05. The minimum absolute atomic E-state index is 0.0791. The van der Waals surface area contributed by atoms with Crippen LogP contribution in [0.4, 0.5) is 0 Å². The first kappa shape index (κ1) is 15.4. The average Bonchev–Trinajstić information content (AvgIpc) is 2.21. The number of aliphatic hydroxyl groups excluding tert-OH is 4. The van der Waals surface area contributed by atoms with E-state index in [1.54, 1.807) is 0 Å². The van der Waals surface area contributed by atoms with E-state index in [9.17, 15) is 13.2 Å². The van der Waals surface area contributed by atoms with E-state index in [2.05, 4.69) is 4.18 Å². The van der Waals surface area contributed by atoms with E-state index in [1.165, 1.54) is 0 Å². The number of hydrogen-bond acceptors (Lipinski definition) is 8. The molecule has 0 saturated carbocycles. The van der Waals surface area contributed by atoms with Crippen LogP contribution in [0.5, 0.6) is 0 Å². The molecule has 0 fully saturated rings. The SMILES string of the molecule is O=C[C@@H](O)[C@H](O)[C@H](O)[C@@H](O)COS(=O)(=O)O. The van der Waals surface area contributed by atoms with Gasteiger partial charge in [0.1, 0.15) is 24.4 Å². The quantitative estimate of drug-likeness (QED) is 0.230. The normalized spacial score (nSPS) is 19.8. The molecular formula is C6H12O9S. The van der Waals surface area contributed by atoms with E-state index in [1.807, 2.05) is 0 Å². The summed E-state index contributed by atoms with van der Waals surface area (Å²) in [7, 11) is -4.79. The lowest BCUT2D eigenvalue weighted by atomic mass is 10.0. The summed E-state index contributed by atoms with van der Waals surface area (Å²) in [5.74, 6) is 0. The summed E-state index contributed by atoms with van der Waals surface area (Å²) in [4.78, 5) is 10.0. The molecule has 5 N–H and O–H groups in total. The van der Waals surface area contributed by atoms with Gasteiger partial charge in [-0.3, -0.25) is 4.55 Å². The Morgan fingerprint density at radius 2 is 1.62 bits per heavy atom. The Labute approximate surface area is 90.9 Å². The molecule has 10 heteroatoms. The van der Waals surface area contributed by atoms with Gasteiger partial charge in [-0.2, -0.15) is 8.42 Å². The minimum atomic E-state index is -4.79. The van der Waals surface area contributed by atoms with Crippen molar-refractivity contribution in [3.8, 4) is 0 Å². The average molecular weight is 260 g/mol. The largest absolute Gasteiger partial charge is 0.397 e. The van der Waals surface area contributed by atoms with Crippen molar-refractivity contribution in [1.82, 2.24) is 0 Å². The van der Waals surface area contributed by atoms with Gasteiger partial charge >= 0.3 is 10.4 Å². The Balaban J connectivity index is 4.27. The zero-order valence-electron chi connectivity index (χ0n) is 7.87. The maximum atomic E-state index is 10.1. The first-order chi connectivity index (χ1) is 7.19. The number of rotatable bonds is 7. The first-order valence-corrected chi connectivity index (χ1v) is 5.35. The zero-order chi connectivity index (χ0) is 12.9. The number of carbonyl (C=O) groups excluding carboxylic acids is 1. The maximum Gasteiger partial charge on any atom is 0.397 e. The third kappa shape index (κ3) is 5.46. The van der Waals surface area contributed by atoms with E-state index in [-0.39, 0.29) is 6.29 Å². The number of aliphatic hydroxyl groups is 4. The smallest absolute Gasteiger partial charge is 0.388 e. The second-order valence-electron chi connectivity index (χ2n) is 2.89. The number of carbonyl (C=O) groups is 1. The van der Waals surface area contributed by atoms with Gasteiger partial charge in [-0.1, -0.05) is 0 Å². The first-order valence-electron chi connectivity index (χ1n) is 3.98. The van der Waals surface area contributed by atoms with Gasteiger partial charge in [-0.25, -0.2) is 4.18 Å². The maximum absolute atomic E-state index is 10.1. The Bertz CT molecular complexity index is 312. The van der Waals surface area contributed by atoms with Crippen molar-refractivity contribution >= 4 is 16.7 Å². The van der Waals surface area contributed by atoms with Crippen LogP contribution < -0.4 is 0 Å². The molecule has 0 saturated heterocycles. The highest BCUT2D eigenvalue weighted by Gasteiger charge is 2.31. The van der Waals surface area contributed by atoms with Gasteiger partial charge in [0.05, 0.1) is 6.61 Å². The predicted molar refractivity (Wildman–Crippen MR) is 47.6 cm³/mol. The highest BCUT2D eigenvalue weighted by molar-refractivity contribution is 7.80. The van der Waals surface area contributed by atoms with Crippen LogP contribution in [0.3, 0.4) is 0 Å². The van der Waals surface area contributed by atoms with Crippen molar-refractivity contribution in [2.45, 2.75) is 24.4 Å². The van der Waals surface area contributed by atoms with Gasteiger partial charge in [-0.15, -0.1) is 0 Å². The summed E-state index contributed by atoms with van der Waals surface area (Å²) in [6, 6.07) is 0. The van der Waals surface area contributed by atoms with Crippen LogP contribution in [0, 0.1) is 0 Å². The molecule has 0 spiro atoms. The number of hydrogen-bond donors (Lipinski definition) is 5. The summed E-state index contributed by atoms with van der Waals surface area (Å²) in [5.41, 5.74) is 0. The molecule has 0 bridgehead atoms. The lowest BCUT2D eigenvalue weighted by Crippen LogP contribution is -2.46. The molecule has 16 heavy (non-hydrogen) atoms. The van der Waals surface area contributed by atoms with E-state index >= 15 is 0 Å². The topological polar surface area (TPSA) is 162 Å². The fourth-order valence-electron chi connectivity index (χ4n) is 0.764. The highest BCUT2D eigenvalue weighted by atomic mass is 32.3. The Morgan fingerprint density at radius 1 is 1.12 bits per heavy atom. The van der Waals surface area contributed by atoms with Crippen molar-refractivity contribution in [3.63, 3.8) is 0 Å². The molecule has 9 nitrogen and oxygen atoms in total. The van der Waals surface area contributed by atoms with Crippen LogP contribution in [-0.4, -0.2) is 70.7 Å². The van der Waals surface area contributed by atoms with Crippen molar-refractivity contribution in [3.05, 3.63) is 0 Å². The summed E-state index contributed by atoms with van der Waals surface area (Å²) in [5, 5.41) is 36.0. The summed E-state index contributed by atoms with van der Waals surface area (Å²) < 4.78 is 32.0. The Kier molecular flexibility index (Phi) is 5.96. The predicted octanol–water partition coefficient (Wildman–Crippen LogP) is -3.55. The molecule has 96 valence electrons. The molecule has 0 aromatic carbocycles. The van der Waals surface area contributed by atoms with Gasteiger partial charge < -0.3 is 25.2 Å². The molecular weight excluding hydrogens is 248 g/mol. The van der Waals surface area contributed by atoms with Gasteiger partial charge in [-0.05, 0) is 0 Å². The molecule has 0 heterocycles. The van der Waals surface area contributed by atoms with Crippen LogP contribution in [0.2, 0.25) is 0 Å². The summed E-state index contributed by atoms with van der Waals surface area (Å²) in [6.07, 6.45) is -7.94. The molecule has 4 atom stereocenters. The number of aldehydes is 1. The fourth-order valence-corrected chi connectivity index (χ4v) is 1.08. The minimum Gasteiger partial charge on any atom is -0.388 e. The molecule has 0 unspecified atom stereocenters. The molecule has 0 amide bonds. The molecule has 0 aromatic heterocycles. The van der Waals surface area contributed by atoms with Crippen molar-refractivity contribution in [2.75, 3.05) is 6.61 Å². The van der Waals surface area contributed by atoms with E-state index in [0.29, 0.717) is 0 Å². The monoisotopic (exact) mass is 260 g/mol. The van der Waals surface area contributed by atoms with Crippen LogP contribution in [0.15, 0.2) is 0 Å². The van der Waals surface area contributed by atoms with Crippen LogP contribution >= 0.6 is 0 Å². The lowest BCUT2D eigenvalue weighted by molar-refractivity contribution is -0.135. The molecule has 0 aliphatic heterocycles. The van der Waals surface area contributed by atoms with Crippen LogP contribution in [0.25, 0.3) is 0 Å². The fraction of sp³-hybridized carbons (Fsp3) is 0.833. The molecule has 0 aromatic rings. The summed E-state index contributed by atoms with van der Waals surface area (Å²) in [6.45, 7) is -1.04. The van der Waals surface area contributed by atoms with E-state index in [4.69, 9.17) is 25.0 Å². The van der Waals surface area contributed by atoms with Gasteiger partial charge in [0.2, 0.25) is 0 Å². The lowest BCUT2D eigenvalue weighted by Gasteiger charge is -2.23. The van der Waals surface area contributed by atoms with Crippen molar-refractivity contribution < 1.29 is 42.4 Å². The van der Waals surface area contributed by atoms with E-state index in [0.717, 1.165) is 0 Å². The molecule has 0 radical (unpaired) electrons. The summed E-state index contributed by atoms with van der Waals surface area (Å²) >= 11 is 0. The van der Waals surface area contributed by atoms with Crippen molar-refractivity contribution in [2.24, 2.45) is 0 Å². The van der Waals surface area contributed by atoms with Gasteiger partial charge in [0.25, 0.3) is 0 Å². The second kappa shape index (κ2) is 6.20.